The summed E-state index contributed by atoms with van der Waals surface area (Å²) >= 11 is 0. The zero-order valence-electron chi connectivity index (χ0n) is 34.2. The van der Waals surface area contributed by atoms with E-state index in [1.54, 1.807) is 0 Å². The zero-order chi connectivity index (χ0) is 41.0. The fourth-order valence-electron chi connectivity index (χ4n) is 12.3. The van der Waals surface area contributed by atoms with E-state index in [0.717, 1.165) is 11.4 Å². The van der Waals surface area contributed by atoms with Gasteiger partial charge in [0.2, 0.25) is 0 Å². The molecule has 11 aromatic carbocycles. The Bertz CT molecular complexity index is 4020. The van der Waals surface area contributed by atoms with Crippen molar-refractivity contribution >= 4 is 65.2 Å². The quantitative estimate of drug-likeness (QED) is 0.158. The first kappa shape index (κ1) is 33.5. The Morgan fingerprint density at radius 3 is 1.52 bits per heavy atom. The van der Waals surface area contributed by atoms with Gasteiger partial charge < -0.3 is 9.13 Å². The van der Waals surface area contributed by atoms with Gasteiger partial charge in [0.15, 0.2) is 0 Å². The lowest BCUT2D eigenvalue weighted by Gasteiger charge is -2.32. The monoisotopic (exact) mass is 796 g/mol. The molecule has 1 spiro atoms. The number of fused-ring (bicyclic) bond motifs is 17. The van der Waals surface area contributed by atoms with Crippen LogP contribution in [0.4, 0.5) is 0 Å². The van der Waals surface area contributed by atoms with Gasteiger partial charge in [-0.05, 0) is 126 Å². The third-order valence-corrected chi connectivity index (χ3v) is 14.7. The molecule has 2 heteroatoms. The summed E-state index contributed by atoms with van der Waals surface area (Å²) in [6.45, 7) is 0. The highest BCUT2D eigenvalue weighted by molar-refractivity contribution is 6.36. The van der Waals surface area contributed by atoms with Crippen molar-refractivity contribution in [3.05, 3.63) is 241 Å². The molecule has 0 fully saturated rings. The molecular formula is C61H36N2. The lowest BCUT2D eigenvalue weighted by Crippen LogP contribution is -2.26. The van der Waals surface area contributed by atoms with E-state index in [1.807, 2.05) is 0 Å². The van der Waals surface area contributed by atoms with E-state index in [4.69, 9.17) is 0 Å². The van der Waals surface area contributed by atoms with Gasteiger partial charge in [0.05, 0.1) is 27.5 Å². The minimum atomic E-state index is -0.444. The van der Waals surface area contributed by atoms with Crippen LogP contribution in [0.25, 0.3) is 110 Å². The zero-order valence-corrected chi connectivity index (χ0v) is 34.2. The molecule has 2 nitrogen and oxygen atoms in total. The molecular weight excluding hydrogens is 761 g/mol. The second-order valence-corrected chi connectivity index (χ2v) is 17.5. The number of aromatic nitrogens is 2. The van der Waals surface area contributed by atoms with Crippen LogP contribution < -0.4 is 0 Å². The van der Waals surface area contributed by atoms with Crippen LogP contribution in [0, 0.1) is 0 Å². The summed E-state index contributed by atoms with van der Waals surface area (Å²) in [5, 5.41) is 10.4. The van der Waals surface area contributed by atoms with Gasteiger partial charge in [-0.15, -0.1) is 0 Å². The van der Waals surface area contributed by atoms with Crippen molar-refractivity contribution in [1.29, 1.82) is 0 Å². The summed E-state index contributed by atoms with van der Waals surface area (Å²) in [6, 6.07) is 81.9. The van der Waals surface area contributed by atoms with Crippen molar-refractivity contribution < 1.29 is 0 Å². The predicted molar refractivity (Wildman–Crippen MR) is 263 cm³/mol. The molecule has 0 aliphatic heterocycles. The number of rotatable bonds is 3. The van der Waals surface area contributed by atoms with Crippen LogP contribution in [0.15, 0.2) is 218 Å². The molecule has 0 unspecified atom stereocenters. The number of hydrogen-bond acceptors (Lipinski definition) is 0. The molecule has 0 saturated heterocycles. The average Bonchev–Trinajstić information content (AvgIpc) is 4.06. The van der Waals surface area contributed by atoms with Crippen LogP contribution in [0.2, 0.25) is 0 Å². The van der Waals surface area contributed by atoms with E-state index in [-0.39, 0.29) is 0 Å². The molecule has 0 atom stereocenters. The Morgan fingerprint density at radius 1 is 0.270 bits per heavy atom. The highest BCUT2D eigenvalue weighted by Crippen LogP contribution is 2.65. The van der Waals surface area contributed by atoms with Crippen molar-refractivity contribution in [2.75, 3.05) is 0 Å². The first-order valence-corrected chi connectivity index (χ1v) is 22.0. The first-order chi connectivity index (χ1) is 31.3. The largest absolute Gasteiger partial charge is 0.309 e. The molecule has 2 heterocycles. The minimum Gasteiger partial charge on any atom is -0.309 e. The normalized spacial score (nSPS) is 13.5. The first-order valence-electron chi connectivity index (χ1n) is 22.0. The average molecular weight is 797 g/mol. The van der Waals surface area contributed by atoms with Gasteiger partial charge in [-0.1, -0.05) is 170 Å². The molecule has 63 heavy (non-hydrogen) atoms. The summed E-state index contributed by atoms with van der Waals surface area (Å²) in [5.41, 5.74) is 20.0. The van der Waals surface area contributed by atoms with Crippen molar-refractivity contribution in [2.45, 2.75) is 5.41 Å². The third kappa shape index (κ3) is 4.09. The second kappa shape index (κ2) is 12.0. The highest BCUT2D eigenvalue weighted by atomic mass is 15.0. The number of benzene rings is 11. The highest BCUT2D eigenvalue weighted by Gasteiger charge is 2.52. The third-order valence-electron chi connectivity index (χ3n) is 14.7. The van der Waals surface area contributed by atoms with Crippen molar-refractivity contribution in [1.82, 2.24) is 9.13 Å². The Labute approximate surface area is 363 Å². The fourth-order valence-corrected chi connectivity index (χ4v) is 12.3. The van der Waals surface area contributed by atoms with Gasteiger partial charge >= 0.3 is 0 Å². The molecule has 0 N–H and O–H groups in total. The molecule has 2 aromatic heterocycles. The van der Waals surface area contributed by atoms with Gasteiger partial charge in [0.25, 0.3) is 0 Å². The molecule has 0 amide bonds. The van der Waals surface area contributed by atoms with E-state index in [9.17, 15) is 0 Å². The minimum absolute atomic E-state index is 0.444. The van der Waals surface area contributed by atoms with Gasteiger partial charge in [-0.2, -0.15) is 0 Å². The fraction of sp³-hybridized carbons (Fsp3) is 0.0164. The van der Waals surface area contributed by atoms with Crippen molar-refractivity contribution in [3.8, 4) is 44.8 Å². The summed E-state index contributed by atoms with van der Waals surface area (Å²) < 4.78 is 4.96. The van der Waals surface area contributed by atoms with Crippen LogP contribution in [0.3, 0.4) is 0 Å². The topological polar surface area (TPSA) is 9.86 Å². The Kier molecular flexibility index (Phi) is 6.38. The van der Waals surface area contributed by atoms with Crippen LogP contribution >= 0.6 is 0 Å². The molecule has 2 aliphatic carbocycles. The van der Waals surface area contributed by atoms with Gasteiger partial charge in [-0.25, -0.2) is 0 Å². The standard InChI is InChI=1S/C61H36N2/c1-2-15-37(16-3-1)38-17-12-18-39(35-38)62-53-28-11-7-22-44(53)49-36-40(31-34-54(49)62)63-55-29-13-23-45-46-32-33-47-43-21-6-10-27-52(43)61(50-25-8-4-19-41(50)42-20-5-9-26-51(42)61)60(47)57(46)48-24-14-30-56(63)59(48)58(45)55/h1-36H. The van der Waals surface area contributed by atoms with Gasteiger partial charge in [0, 0.05) is 32.9 Å². The Hall–Kier alpha value is -8.20. The predicted octanol–water partition coefficient (Wildman–Crippen LogP) is 15.6. The lowest BCUT2D eigenvalue weighted by molar-refractivity contribution is 0.802. The van der Waals surface area contributed by atoms with E-state index in [1.165, 1.54) is 121 Å². The smallest absolute Gasteiger partial charge is 0.0731 e. The van der Waals surface area contributed by atoms with Crippen LogP contribution in [-0.2, 0) is 5.41 Å². The Morgan fingerprint density at radius 2 is 0.778 bits per heavy atom. The number of nitrogens with zero attached hydrogens (tertiary/aromatic N) is 2. The van der Waals surface area contributed by atoms with E-state index < -0.39 is 5.41 Å². The molecule has 2 aliphatic rings. The summed E-state index contributed by atoms with van der Waals surface area (Å²) in [4.78, 5) is 0. The number of hydrogen-bond donors (Lipinski definition) is 0. The summed E-state index contributed by atoms with van der Waals surface area (Å²) in [6.07, 6.45) is 0. The maximum Gasteiger partial charge on any atom is 0.0731 e. The summed E-state index contributed by atoms with van der Waals surface area (Å²) in [7, 11) is 0. The molecule has 13 aromatic rings. The van der Waals surface area contributed by atoms with Gasteiger partial charge in [-0.3, -0.25) is 0 Å². The Balaban J connectivity index is 1.02. The van der Waals surface area contributed by atoms with Crippen LogP contribution in [-0.4, -0.2) is 9.13 Å². The van der Waals surface area contributed by atoms with Crippen LogP contribution in [0.1, 0.15) is 22.3 Å². The van der Waals surface area contributed by atoms with E-state index >= 15 is 0 Å². The molecule has 0 radical (unpaired) electrons. The summed E-state index contributed by atoms with van der Waals surface area (Å²) in [5.74, 6) is 0. The molecule has 15 rings (SSSR count). The lowest BCUT2D eigenvalue weighted by atomic mass is 9.69. The molecule has 0 saturated carbocycles. The number of para-hydroxylation sites is 1. The molecule has 0 bridgehead atoms. The maximum atomic E-state index is 2.52. The van der Waals surface area contributed by atoms with E-state index in [2.05, 4.69) is 228 Å². The van der Waals surface area contributed by atoms with Crippen molar-refractivity contribution in [2.24, 2.45) is 0 Å². The van der Waals surface area contributed by atoms with Gasteiger partial charge in [0.1, 0.15) is 0 Å². The van der Waals surface area contributed by atoms with Crippen LogP contribution in [0.5, 0.6) is 0 Å². The second-order valence-electron chi connectivity index (χ2n) is 17.5. The SMILES string of the molecule is c1ccc(-c2cccc(-n3c4ccccc4c4cc(-n5c6cccc7c8ccc9c(c8c8cccc5c8c76)C5(c6ccccc6-c6ccccc65)c5ccccc5-9)ccc43)c2)cc1. The maximum absolute atomic E-state index is 2.52. The van der Waals surface area contributed by atoms with Crippen molar-refractivity contribution in [3.63, 3.8) is 0 Å². The molecule has 290 valence electrons. The van der Waals surface area contributed by atoms with E-state index in [0.29, 0.717) is 0 Å².